The van der Waals surface area contributed by atoms with Crippen molar-refractivity contribution < 1.29 is 28.5 Å². The van der Waals surface area contributed by atoms with Gasteiger partial charge in [-0.2, -0.15) is 0 Å². The van der Waals surface area contributed by atoms with Crippen LogP contribution in [-0.4, -0.2) is 34.4 Å². The predicted octanol–water partition coefficient (Wildman–Crippen LogP) is 6.77. The summed E-state index contributed by atoms with van der Waals surface area (Å²) in [7, 11) is 6.44. The van der Waals surface area contributed by atoms with E-state index in [1.807, 2.05) is 48.5 Å². The molecule has 0 aliphatic heterocycles. The Kier molecular flexibility index (Phi) is 6.02. The molecule has 0 amide bonds. The first-order valence-corrected chi connectivity index (χ1v) is 11.4. The molecule has 0 fully saturated rings. The molecule has 182 valence electrons. The van der Waals surface area contributed by atoms with Crippen molar-refractivity contribution in [2.45, 2.75) is 6.92 Å². The number of fused-ring (bicyclic) bond motifs is 4. The van der Waals surface area contributed by atoms with Crippen molar-refractivity contribution in [1.82, 2.24) is 0 Å². The molecule has 0 heterocycles. The van der Waals surface area contributed by atoms with Crippen molar-refractivity contribution in [2.24, 2.45) is 0 Å². The normalized spacial score (nSPS) is 11.0. The molecule has 6 nitrogen and oxygen atoms in total. The molecule has 0 spiro atoms. The van der Waals surface area contributed by atoms with Crippen LogP contribution in [0.2, 0.25) is 0 Å². The van der Waals surface area contributed by atoms with Crippen LogP contribution in [0, 0.1) is 0 Å². The van der Waals surface area contributed by atoms with E-state index in [0.717, 1.165) is 37.9 Å². The Bertz CT molecular complexity index is 1610. The van der Waals surface area contributed by atoms with E-state index in [2.05, 4.69) is 12.1 Å². The van der Waals surface area contributed by atoms with Crippen LogP contribution in [-0.2, 0) is 4.79 Å². The highest BCUT2D eigenvalue weighted by atomic mass is 16.5. The lowest BCUT2D eigenvalue weighted by atomic mass is 9.89. The standard InChI is InChI=1S/C30H26O6/c1-17(31)36-30-25-13-19-9-7-6-8-18(19)12-24(25)29-26(15-23(34-4)16-27(29)35-5)28(30)20-10-21(32-2)14-22(11-20)33-3/h6-16H,1-5H3. The van der Waals surface area contributed by atoms with Gasteiger partial charge in [-0.15, -0.1) is 0 Å². The second-order valence-corrected chi connectivity index (χ2v) is 8.40. The average Bonchev–Trinajstić information content (AvgIpc) is 2.90. The van der Waals surface area contributed by atoms with Crippen LogP contribution in [0.3, 0.4) is 0 Å². The summed E-state index contributed by atoms with van der Waals surface area (Å²) in [4.78, 5) is 12.4. The van der Waals surface area contributed by atoms with Crippen molar-refractivity contribution in [3.05, 3.63) is 66.7 Å². The fourth-order valence-corrected chi connectivity index (χ4v) is 4.72. The highest BCUT2D eigenvalue weighted by Crippen LogP contribution is 2.50. The molecule has 0 saturated carbocycles. The maximum Gasteiger partial charge on any atom is 0.308 e. The van der Waals surface area contributed by atoms with Gasteiger partial charge in [0.15, 0.2) is 0 Å². The Hall–Kier alpha value is -4.45. The van der Waals surface area contributed by atoms with Gasteiger partial charge in [-0.3, -0.25) is 4.79 Å². The fourth-order valence-electron chi connectivity index (χ4n) is 4.72. The first kappa shape index (κ1) is 23.3. The van der Waals surface area contributed by atoms with Gasteiger partial charge in [0.05, 0.1) is 28.4 Å². The number of methoxy groups -OCH3 is 4. The van der Waals surface area contributed by atoms with Crippen LogP contribution in [0.1, 0.15) is 6.92 Å². The summed E-state index contributed by atoms with van der Waals surface area (Å²) in [6.45, 7) is 1.40. The molecule has 5 rings (SSSR count). The Balaban J connectivity index is 2.07. The van der Waals surface area contributed by atoms with Gasteiger partial charge in [0.2, 0.25) is 0 Å². The number of benzene rings is 5. The number of hydrogen-bond donors (Lipinski definition) is 0. The second kappa shape index (κ2) is 9.30. The number of esters is 1. The van der Waals surface area contributed by atoms with Crippen LogP contribution in [0.15, 0.2) is 66.7 Å². The Morgan fingerprint density at radius 3 is 1.78 bits per heavy atom. The maximum absolute atomic E-state index is 12.4. The lowest BCUT2D eigenvalue weighted by Gasteiger charge is -2.20. The zero-order valence-electron chi connectivity index (χ0n) is 20.8. The largest absolute Gasteiger partial charge is 0.497 e. The van der Waals surface area contributed by atoms with Gasteiger partial charge in [-0.05, 0) is 52.1 Å². The zero-order valence-corrected chi connectivity index (χ0v) is 20.8. The highest BCUT2D eigenvalue weighted by Gasteiger charge is 2.23. The summed E-state index contributed by atoms with van der Waals surface area (Å²) in [6.07, 6.45) is 0. The molecule has 36 heavy (non-hydrogen) atoms. The minimum absolute atomic E-state index is 0.421. The fraction of sp³-hybridized carbons (Fsp3) is 0.167. The summed E-state index contributed by atoms with van der Waals surface area (Å²) in [5, 5.41) is 5.47. The lowest BCUT2D eigenvalue weighted by molar-refractivity contribution is -0.131. The van der Waals surface area contributed by atoms with E-state index in [1.165, 1.54) is 6.92 Å². The predicted molar refractivity (Wildman–Crippen MR) is 142 cm³/mol. The van der Waals surface area contributed by atoms with Crippen LogP contribution >= 0.6 is 0 Å². The van der Waals surface area contributed by atoms with Crippen LogP contribution in [0.5, 0.6) is 28.7 Å². The summed E-state index contributed by atoms with van der Waals surface area (Å²) < 4.78 is 28.5. The first-order chi connectivity index (χ1) is 17.5. The summed E-state index contributed by atoms with van der Waals surface area (Å²) in [5.74, 6) is 2.51. The molecular formula is C30H26O6. The monoisotopic (exact) mass is 482 g/mol. The number of carbonyl (C=O) groups is 1. The lowest BCUT2D eigenvalue weighted by Crippen LogP contribution is -2.05. The molecule has 0 unspecified atom stereocenters. The molecule has 0 N–H and O–H groups in total. The van der Waals surface area contributed by atoms with E-state index in [-0.39, 0.29) is 0 Å². The van der Waals surface area contributed by atoms with Gasteiger partial charge >= 0.3 is 5.97 Å². The topological polar surface area (TPSA) is 63.2 Å². The van der Waals surface area contributed by atoms with E-state index in [1.54, 1.807) is 34.5 Å². The molecule has 0 saturated heterocycles. The Morgan fingerprint density at radius 1 is 0.639 bits per heavy atom. The molecule has 0 aliphatic carbocycles. The van der Waals surface area contributed by atoms with Crippen LogP contribution < -0.4 is 23.7 Å². The second-order valence-electron chi connectivity index (χ2n) is 8.40. The van der Waals surface area contributed by atoms with Gasteiger partial charge < -0.3 is 23.7 Å². The van der Waals surface area contributed by atoms with Gasteiger partial charge in [0.1, 0.15) is 28.7 Å². The summed E-state index contributed by atoms with van der Waals surface area (Å²) >= 11 is 0. The SMILES string of the molecule is COc1cc(OC)cc(-c2c(OC(C)=O)c3cc4ccccc4cc3c3c(OC)cc(OC)cc23)c1. The van der Waals surface area contributed by atoms with Crippen molar-refractivity contribution in [3.8, 4) is 39.9 Å². The van der Waals surface area contributed by atoms with E-state index >= 15 is 0 Å². The smallest absolute Gasteiger partial charge is 0.308 e. The molecule has 0 radical (unpaired) electrons. The molecule has 0 aromatic heterocycles. The molecule has 5 aromatic rings. The molecule has 6 heteroatoms. The van der Waals surface area contributed by atoms with Crippen molar-refractivity contribution >= 4 is 38.3 Å². The molecular weight excluding hydrogens is 456 g/mol. The summed E-state index contributed by atoms with van der Waals surface area (Å²) in [5.41, 5.74) is 1.47. The molecule has 0 bridgehead atoms. The summed E-state index contributed by atoms with van der Waals surface area (Å²) in [6, 6.07) is 21.6. The Labute approximate surface area is 208 Å². The van der Waals surface area contributed by atoms with Crippen LogP contribution in [0.25, 0.3) is 43.4 Å². The minimum atomic E-state index is -0.421. The van der Waals surface area contributed by atoms with Crippen molar-refractivity contribution in [3.63, 3.8) is 0 Å². The van der Waals surface area contributed by atoms with Crippen molar-refractivity contribution in [1.29, 1.82) is 0 Å². The molecule has 5 aromatic carbocycles. The third-order valence-corrected chi connectivity index (χ3v) is 6.31. The van der Waals surface area contributed by atoms with E-state index in [9.17, 15) is 4.79 Å². The quantitative estimate of drug-likeness (QED) is 0.115. The van der Waals surface area contributed by atoms with Gasteiger partial charge in [0, 0.05) is 40.8 Å². The van der Waals surface area contributed by atoms with E-state index in [0.29, 0.717) is 34.3 Å². The molecule has 0 atom stereocenters. The number of ether oxygens (including phenoxy) is 5. The van der Waals surface area contributed by atoms with Gasteiger partial charge in [-0.1, -0.05) is 24.3 Å². The zero-order chi connectivity index (χ0) is 25.4. The minimum Gasteiger partial charge on any atom is -0.497 e. The van der Waals surface area contributed by atoms with E-state index < -0.39 is 5.97 Å². The molecule has 0 aliphatic rings. The number of hydrogen-bond acceptors (Lipinski definition) is 6. The maximum atomic E-state index is 12.4. The number of rotatable bonds is 6. The third kappa shape index (κ3) is 3.90. The third-order valence-electron chi connectivity index (χ3n) is 6.31. The van der Waals surface area contributed by atoms with Crippen LogP contribution in [0.4, 0.5) is 0 Å². The van der Waals surface area contributed by atoms with E-state index in [4.69, 9.17) is 23.7 Å². The van der Waals surface area contributed by atoms with Crippen molar-refractivity contribution in [2.75, 3.05) is 28.4 Å². The van der Waals surface area contributed by atoms with Gasteiger partial charge in [0.25, 0.3) is 0 Å². The van der Waals surface area contributed by atoms with Gasteiger partial charge in [-0.25, -0.2) is 0 Å². The highest BCUT2D eigenvalue weighted by molar-refractivity contribution is 6.23. The average molecular weight is 483 g/mol. The Morgan fingerprint density at radius 2 is 1.22 bits per heavy atom. The first-order valence-electron chi connectivity index (χ1n) is 11.4. The number of carbonyl (C=O) groups excluding carboxylic acids is 1.